The monoisotopic (exact) mass is 469 g/mol. The molecule has 0 aliphatic rings. The van der Waals surface area contributed by atoms with Crippen molar-refractivity contribution < 1.29 is 9.18 Å². The average molecular weight is 470 g/mol. The van der Waals surface area contributed by atoms with Crippen LogP contribution in [0.4, 0.5) is 20.6 Å². The lowest BCUT2D eigenvalue weighted by atomic mass is 10.2. The molecule has 3 heterocycles. The Labute approximate surface area is 193 Å². The van der Waals surface area contributed by atoms with Gasteiger partial charge in [-0.1, -0.05) is 17.7 Å². The van der Waals surface area contributed by atoms with Gasteiger partial charge in [-0.25, -0.2) is 14.2 Å². The molecule has 2 amide bonds. The van der Waals surface area contributed by atoms with Crippen molar-refractivity contribution in [1.82, 2.24) is 14.5 Å². The second-order valence-corrected chi connectivity index (χ2v) is 7.53. The Bertz CT molecular complexity index is 1430. The fourth-order valence-electron chi connectivity index (χ4n) is 3.68. The van der Waals surface area contributed by atoms with E-state index in [-0.39, 0.29) is 18.1 Å². The van der Waals surface area contributed by atoms with Crippen LogP contribution in [-0.4, -0.2) is 20.6 Å². The highest BCUT2D eigenvalue weighted by molar-refractivity contribution is 6.31. The van der Waals surface area contributed by atoms with E-state index in [1.54, 1.807) is 12.3 Å². The molecular formula is C23H18Cl2FN5O. The highest BCUT2D eigenvalue weighted by Gasteiger charge is 2.12. The second kappa shape index (κ2) is 8.90. The summed E-state index contributed by atoms with van der Waals surface area (Å²) < 4.78 is 16.0. The molecule has 9 heteroatoms. The van der Waals surface area contributed by atoms with Gasteiger partial charge >= 0.3 is 6.03 Å². The van der Waals surface area contributed by atoms with Crippen molar-refractivity contribution >= 4 is 63.4 Å². The van der Waals surface area contributed by atoms with E-state index in [0.717, 1.165) is 27.5 Å². The lowest BCUT2D eigenvalue weighted by Crippen LogP contribution is -2.20. The number of rotatable bonds is 4. The normalized spacial score (nSPS) is 10.8. The Kier molecular flexibility index (Phi) is 6.03. The van der Waals surface area contributed by atoms with Gasteiger partial charge < -0.3 is 20.2 Å². The Morgan fingerprint density at radius 1 is 1.06 bits per heavy atom. The number of urea groups is 1. The molecule has 0 fully saturated rings. The van der Waals surface area contributed by atoms with Crippen LogP contribution < -0.4 is 10.6 Å². The van der Waals surface area contributed by atoms with E-state index in [9.17, 15) is 9.18 Å². The Hall–Kier alpha value is -3.55. The van der Waals surface area contributed by atoms with Crippen molar-refractivity contribution in [2.45, 2.75) is 6.54 Å². The fourth-order valence-corrected chi connectivity index (χ4v) is 3.85. The van der Waals surface area contributed by atoms with Gasteiger partial charge in [0.25, 0.3) is 0 Å². The summed E-state index contributed by atoms with van der Waals surface area (Å²) in [5.41, 5.74) is 3.59. The topological polar surface area (TPSA) is 74.7 Å². The molecule has 5 rings (SSSR count). The number of benzene rings is 2. The van der Waals surface area contributed by atoms with Crippen LogP contribution in [0.15, 0.2) is 73.2 Å². The third-order valence-corrected chi connectivity index (χ3v) is 5.36. The zero-order valence-corrected chi connectivity index (χ0v) is 18.2. The molecule has 0 radical (unpaired) electrons. The van der Waals surface area contributed by atoms with Gasteiger partial charge in [0.1, 0.15) is 11.5 Å². The number of hydrogen-bond acceptors (Lipinski definition) is 2. The zero-order valence-electron chi connectivity index (χ0n) is 16.6. The molecule has 0 saturated carbocycles. The molecule has 0 spiro atoms. The molecule has 0 bridgehead atoms. The van der Waals surface area contributed by atoms with Gasteiger partial charge in [0, 0.05) is 40.9 Å². The third-order valence-electron chi connectivity index (χ3n) is 5.13. The largest absolute Gasteiger partial charge is 0.346 e. The molecule has 5 aromatic rings. The smallest absolute Gasteiger partial charge is 0.323 e. The van der Waals surface area contributed by atoms with Crippen LogP contribution in [0.2, 0.25) is 5.02 Å². The first-order valence-electron chi connectivity index (χ1n) is 9.60. The number of nitrogens with one attached hydrogen (secondary N) is 3. The van der Waals surface area contributed by atoms with Crippen LogP contribution in [0.25, 0.3) is 21.9 Å². The number of halogens is 3. The van der Waals surface area contributed by atoms with E-state index in [1.807, 2.05) is 42.7 Å². The van der Waals surface area contributed by atoms with Crippen LogP contribution in [0.3, 0.4) is 0 Å². The van der Waals surface area contributed by atoms with Gasteiger partial charge in [-0.2, -0.15) is 0 Å². The number of hydrogen-bond donors (Lipinski definition) is 3. The van der Waals surface area contributed by atoms with E-state index in [2.05, 4.69) is 25.2 Å². The first-order valence-corrected chi connectivity index (χ1v) is 9.98. The maximum Gasteiger partial charge on any atom is 0.323 e. The van der Waals surface area contributed by atoms with Crippen molar-refractivity contribution in [1.29, 1.82) is 0 Å². The number of carbonyl (C=O) groups is 1. The van der Waals surface area contributed by atoms with E-state index >= 15 is 0 Å². The number of pyridine rings is 1. The molecule has 0 atom stereocenters. The molecule has 32 heavy (non-hydrogen) atoms. The molecule has 0 unspecified atom stereocenters. The SMILES string of the molecule is Cl.O=C(Nc1cc(Cl)ccc1F)Nc1cccc2c1ccn2Cc1ccnc2[nH]ccc12. The van der Waals surface area contributed by atoms with Crippen LogP contribution in [0, 0.1) is 5.82 Å². The number of aromatic amines is 1. The molecule has 6 nitrogen and oxygen atoms in total. The van der Waals surface area contributed by atoms with Crippen molar-refractivity contribution in [2.24, 2.45) is 0 Å². The molecule has 0 aliphatic carbocycles. The predicted molar refractivity (Wildman–Crippen MR) is 128 cm³/mol. The maximum absolute atomic E-state index is 13.9. The number of fused-ring (bicyclic) bond motifs is 2. The molecule has 0 saturated heterocycles. The van der Waals surface area contributed by atoms with E-state index in [1.165, 1.54) is 18.2 Å². The number of aromatic nitrogens is 3. The number of H-pyrrole nitrogens is 1. The van der Waals surface area contributed by atoms with Crippen molar-refractivity contribution in [3.63, 3.8) is 0 Å². The summed E-state index contributed by atoms with van der Waals surface area (Å²) in [7, 11) is 0. The quantitative estimate of drug-likeness (QED) is 0.283. The third kappa shape index (κ3) is 4.12. The van der Waals surface area contributed by atoms with Gasteiger partial charge in [0.15, 0.2) is 0 Å². The van der Waals surface area contributed by atoms with Gasteiger partial charge in [-0.05, 0) is 54.1 Å². The van der Waals surface area contributed by atoms with Crippen LogP contribution in [0.1, 0.15) is 5.56 Å². The van der Waals surface area contributed by atoms with Crippen LogP contribution in [-0.2, 0) is 6.54 Å². The first kappa shape index (κ1) is 21.7. The van der Waals surface area contributed by atoms with Gasteiger partial charge in [0.2, 0.25) is 0 Å². The molecule has 2 aromatic carbocycles. The van der Waals surface area contributed by atoms with E-state index in [4.69, 9.17) is 11.6 Å². The minimum absolute atomic E-state index is 0. The van der Waals surface area contributed by atoms with Crippen molar-refractivity contribution in [3.8, 4) is 0 Å². The average Bonchev–Trinajstić information content (AvgIpc) is 3.39. The van der Waals surface area contributed by atoms with Gasteiger partial charge in [0.05, 0.1) is 16.9 Å². The number of nitrogens with zero attached hydrogens (tertiary/aromatic N) is 2. The summed E-state index contributed by atoms with van der Waals surface area (Å²) in [6.07, 6.45) is 5.63. The Balaban J connectivity index is 0.00000245. The maximum atomic E-state index is 13.9. The summed E-state index contributed by atoms with van der Waals surface area (Å²) in [5.74, 6) is -0.558. The van der Waals surface area contributed by atoms with Crippen molar-refractivity contribution in [3.05, 3.63) is 89.6 Å². The summed E-state index contributed by atoms with van der Waals surface area (Å²) in [4.78, 5) is 19.9. The molecule has 0 aliphatic heterocycles. The van der Waals surface area contributed by atoms with Gasteiger partial charge in [-0.3, -0.25) is 0 Å². The summed E-state index contributed by atoms with van der Waals surface area (Å²) >= 11 is 5.89. The Morgan fingerprint density at radius 3 is 2.78 bits per heavy atom. The van der Waals surface area contributed by atoms with Crippen molar-refractivity contribution in [2.75, 3.05) is 10.6 Å². The number of carbonyl (C=O) groups excluding carboxylic acids is 1. The van der Waals surface area contributed by atoms with Gasteiger partial charge in [-0.15, -0.1) is 12.4 Å². The highest BCUT2D eigenvalue weighted by Crippen LogP contribution is 2.27. The molecule has 162 valence electrons. The molecule has 3 N–H and O–H groups in total. The van der Waals surface area contributed by atoms with Crippen LogP contribution in [0.5, 0.6) is 0 Å². The predicted octanol–water partition coefficient (Wildman–Crippen LogP) is 6.42. The summed E-state index contributed by atoms with van der Waals surface area (Å²) in [6, 6.07) is 15.1. The van der Waals surface area contributed by atoms with E-state index in [0.29, 0.717) is 17.3 Å². The van der Waals surface area contributed by atoms with E-state index < -0.39 is 11.8 Å². The summed E-state index contributed by atoms with van der Waals surface area (Å²) in [5, 5.41) is 7.58. The minimum Gasteiger partial charge on any atom is -0.346 e. The fraction of sp³-hybridized carbons (Fsp3) is 0.0435. The molecule has 3 aromatic heterocycles. The zero-order chi connectivity index (χ0) is 21.4. The number of anilines is 2. The molecular weight excluding hydrogens is 452 g/mol. The Morgan fingerprint density at radius 2 is 1.91 bits per heavy atom. The first-order chi connectivity index (χ1) is 15.1. The second-order valence-electron chi connectivity index (χ2n) is 7.10. The number of amides is 2. The highest BCUT2D eigenvalue weighted by atomic mass is 35.5. The van der Waals surface area contributed by atoms with Crippen LogP contribution >= 0.6 is 24.0 Å². The lowest BCUT2D eigenvalue weighted by Gasteiger charge is -2.11. The standard InChI is InChI=1S/C23H17ClFN5O.ClH/c24-15-4-5-18(25)20(12-15)29-23(31)28-19-2-1-3-21-17(19)8-11-30(21)13-14-6-9-26-22-16(14)7-10-27-22;/h1-12H,13H2,(H,26,27)(H2,28,29,31);1H. The lowest BCUT2D eigenvalue weighted by molar-refractivity contribution is 0.262. The minimum atomic E-state index is -0.558. The summed E-state index contributed by atoms with van der Waals surface area (Å²) in [6.45, 7) is 0.656.